The van der Waals surface area contributed by atoms with Gasteiger partial charge in [0.15, 0.2) is 0 Å². The number of para-hydroxylation sites is 1. The number of amides is 2. The molecule has 6 nitrogen and oxygen atoms in total. The van der Waals surface area contributed by atoms with E-state index in [1.165, 1.54) is 30.2 Å². The Hall–Kier alpha value is -2.86. The summed E-state index contributed by atoms with van der Waals surface area (Å²) in [4.78, 5) is 38.3. The Morgan fingerprint density at radius 3 is 2.65 bits per heavy atom. The highest BCUT2D eigenvalue weighted by Gasteiger charge is 2.34. The molecule has 0 saturated heterocycles. The Morgan fingerprint density at radius 1 is 1.19 bits per heavy atom. The summed E-state index contributed by atoms with van der Waals surface area (Å²) in [5, 5.41) is 2.70. The van der Waals surface area contributed by atoms with Crippen LogP contribution in [0.15, 0.2) is 42.5 Å². The lowest BCUT2D eigenvalue weighted by molar-refractivity contribution is -0.134. The SMILES string of the molecule is COC(=O)c1ccc(Cl)c(NC(=O)C(=O)N2c3ccccc3CC2C)c1. The number of esters is 1. The topological polar surface area (TPSA) is 75.7 Å². The van der Waals surface area contributed by atoms with Crippen molar-refractivity contribution in [3.05, 3.63) is 58.6 Å². The van der Waals surface area contributed by atoms with Crippen molar-refractivity contribution in [1.29, 1.82) is 0 Å². The predicted molar refractivity (Wildman–Crippen MR) is 98.5 cm³/mol. The average Bonchev–Trinajstić information content (AvgIpc) is 2.97. The molecule has 2 aromatic rings. The van der Waals surface area contributed by atoms with Gasteiger partial charge in [0.1, 0.15) is 0 Å². The van der Waals surface area contributed by atoms with Crippen molar-refractivity contribution >= 4 is 40.8 Å². The van der Waals surface area contributed by atoms with Gasteiger partial charge in [0.25, 0.3) is 0 Å². The van der Waals surface area contributed by atoms with Crippen molar-refractivity contribution in [2.45, 2.75) is 19.4 Å². The first-order valence-electron chi connectivity index (χ1n) is 8.02. The summed E-state index contributed by atoms with van der Waals surface area (Å²) < 4.78 is 4.65. The molecule has 1 N–H and O–H groups in total. The summed E-state index contributed by atoms with van der Waals surface area (Å²) in [5.74, 6) is -2.06. The largest absolute Gasteiger partial charge is 0.465 e. The molecule has 1 atom stereocenters. The molecular formula is C19H17ClN2O4. The number of fused-ring (bicyclic) bond motifs is 1. The molecule has 1 heterocycles. The fraction of sp³-hybridized carbons (Fsp3) is 0.211. The first-order valence-corrected chi connectivity index (χ1v) is 8.40. The van der Waals surface area contributed by atoms with E-state index < -0.39 is 17.8 Å². The molecule has 3 rings (SSSR count). The number of rotatable bonds is 2. The molecule has 2 aromatic carbocycles. The first kappa shape index (κ1) is 17.9. The number of anilines is 2. The standard InChI is InChI=1S/C19H17ClN2O4/c1-11-9-12-5-3-4-6-16(12)22(11)18(24)17(23)21-15-10-13(19(25)26-2)7-8-14(15)20/h3-8,10-11H,9H2,1-2H3,(H,21,23). The first-order chi connectivity index (χ1) is 12.4. The maximum Gasteiger partial charge on any atom is 0.337 e. The number of hydrogen-bond acceptors (Lipinski definition) is 4. The highest BCUT2D eigenvalue weighted by Crippen LogP contribution is 2.32. The zero-order chi connectivity index (χ0) is 18.8. The van der Waals surface area contributed by atoms with Gasteiger partial charge < -0.3 is 15.0 Å². The number of hydrogen-bond donors (Lipinski definition) is 1. The molecule has 26 heavy (non-hydrogen) atoms. The van der Waals surface area contributed by atoms with Crippen LogP contribution in [0.25, 0.3) is 0 Å². The van der Waals surface area contributed by atoms with E-state index in [1.807, 2.05) is 31.2 Å². The van der Waals surface area contributed by atoms with Crippen LogP contribution in [-0.2, 0) is 20.7 Å². The van der Waals surface area contributed by atoms with E-state index >= 15 is 0 Å². The van der Waals surface area contributed by atoms with Crippen molar-refractivity contribution in [1.82, 2.24) is 0 Å². The molecule has 0 aliphatic carbocycles. The lowest BCUT2D eigenvalue weighted by atomic mass is 10.1. The van der Waals surface area contributed by atoms with E-state index in [0.717, 1.165) is 11.3 Å². The highest BCUT2D eigenvalue weighted by molar-refractivity contribution is 6.45. The van der Waals surface area contributed by atoms with Crippen molar-refractivity contribution in [2.75, 3.05) is 17.3 Å². The van der Waals surface area contributed by atoms with Crippen molar-refractivity contribution in [3.8, 4) is 0 Å². The van der Waals surface area contributed by atoms with Gasteiger partial charge in [-0.2, -0.15) is 0 Å². The third kappa shape index (κ3) is 3.28. The van der Waals surface area contributed by atoms with Crippen LogP contribution in [0.3, 0.4) is 0 Å². The summed E-state index contributed by atoms with van der Waals surface area (Å²) in [7, 11) is 1.25. The second-order valence-corrected chi connectivity index (χ2v) is 6.40. The number of nitrogens with one attached hydrogen (secondary N) is 1. The van der Waals surface area contributed by atoms with Crippen molar-refractivity contribution in [2.24, 2.45) is 0 Å². The fourth-order valence-electron chi connectivity index (χ4n) is 3.03. The van der Waals surface area contributed by atoms with Crippen LogP contribution in [0.5, 0.6) is 0 Å². The molecule has 0 saturated carbocycles. The minimum Gasteiger partial charge on any atom is -0.465 e. The van der Waals surface area contributed by atoms with Gasteiger partial charge in [-0.1, -0.05) is 29.8 Å². The van der Waals surface area contributed by atoms with Gasteiger partial charge in [-0.15, -0.1) is 0 Å². The fourth-order valence-corrected chi connectivity index (χ4v) is 3.19. The molecule has 0 fully saturated rings. The van der Waals surface area contributed by atoms with E-state index in [-0.39, 0.29) is 22.3 Å². The maximum absolute atomic E-state index is 12.7. The molecular weight excluding hydrogens is 356 g/mol. The van der Waals surface area contributed by atoms with Gasteiger partial charge in [-0.3, -0.25) is 9.59 Å². The number of carbonyl (C=O) groups excluding carboxylic acids is 3. The van der Waals surface area contributed by atoms with Crippen LogP contribution in [0.2, 0.25) is 5.02 Å². The number of ether oxygens (including phenoxy) is 1. The Bertz CT molecular complexity index is 897. The van der Waals surface area contributed by atoms with E-state index in [0.29, 0.717) is 6.42 Å². The minimum absolute atomic E-state index is 0.123. The molecule has 1 unspecified atom stereocenters. The normalized spacial score (nSPS) is 15.3. The van der Waals surface area contributed by atoms with Gasteiger partial charge in [0.05, 0.1) is 23.4 Å². The number of nitrogens with zero attached hydrogens (tertiary/aromatic N) is 1. The third-order valence-corrected chi connectivity index (χ3v) is 4.59. The second-order valence-electron chi connectivity index (χ2n) is 6.00. The molecule has 0 spiro atoms. The third-order valence-electron chi connectivity index (χ3n) is 4.26. The number of benzene rings is 2. The molecule has 134 valence electrons. The monoisotopic (exact) mass is 372 g/mol. The van der Waals surface area contributed by atoms with Crippen LogP contribution in [-0.4, -0.2) is 30.9 Å². The van der Waals surface area contributed by atoms with Gasteiger partial charge in [-0.25, -0.2) is 4.79 Å². The minimum atomic E-state index is -0.822. The second kappa shape index (κ2) is 7.17. The summed E-state index contributed by atoms with van der Waals surface area (Å²) in [5.41, 5.74) is 2.15. The molecule has 0 bridgehead atoms. The van der Waals surface area contributed by atoms with Crippen LogP contribution in [0.1, 0.15) is 22.8 Å². The molecule has 0 aromatic heterocycles. The van der Waals surface area contributed by atoms with Crippen LogP contribution >= 0.6 is 11.6 Å². The van der Waals surface area contributed by atoms with Crippen molar-refractivity contribution in [3.63, 3.8) is 0 Å². The average molecular weight is 373 g/mol. The lowest BCUT2D eigenvalue weighted by Gasteiger charge is -2.22. The Morgan fingerprint density at radius 2 is 1.92 bits per heavy atom. The van der Waals surface area contributed by atoms with Crippen LogP contribution in [0.4, 0.5) is 11.4 Å². The Balaban J connectivity index is 1.83. The van der Waals surface area contributed by atoms with Gasteiger partial charge in [-0.05, 0) is 43.2 Å². The predicted octanol–water partition coefficient (Wildman–Crippen LogP) is 3.04. The van der Waals surface area contributed by atoms with Crippen LogP contribution < -0.4 is 10.2 Å². The molecule has 1 aliphatic heterocycles. The zero-order valence-electron chi connectivity index (χ0n) is 14.3. The molecule has 0 radical (unpaired) electrons. The Kier molecular flexibility index (Phi) is 4.95. The van der Waals surface area contributed by atoms with Gasteiger partial charge in [0.2, 0.25) is 0 Å². The maximum atomic E-state index is 12.7. The summed E-state index contributed by atoms with van der Waals surface area (Å²) in [6, 6.07) is 11.7. The van der Waals surface area contributed by atoms with Crippen molar-refractivity contribution < 1.29 is 19.1 Å². The molecule has 1 aliphatic rings. The number of carbonyl (C=O) groups is 3. The highest BCUT2D eigenvalue weighted by atomic mass is 35.5. The van der Waals surface area contributed by atoms with E-state index in [1.54, 1.807) is 0 Å². The smallest absolute Gasteiger partial charge is 0.337 e. The number of methoxy groups -OCH3 is 1. The molecule has 7 heteroatoms. The van der Waals surface area contributed by atoms with Gasteiger partial charge in [0, 0.05) is 11.7 Å². The summed E-state index contributed by atoms with van der Waals surface area (Å²) in [6.07, 6.45) is 0.688. The van der Waals surface area contributed by atoms with Crippen LogP contribution in [0, 0.1) is 0 Å². The van der Waals surface area contributed by atoms with Gasteiger partial charge >= 0.3 is 17.8 Å². The molecule has 2 amide bonds. The lowest BCUT2D eigenvalue weighted by Crippen LogP contribution is -2.43. The summed E-state index contributed by atoms with van der Waals surface area (Å²) >= 11 is 6.07. The zero-order valence-corrected chi connectivity index (χ0v) is 15.0. The quantitative estimate of drug-likeness (QED) is 0.649. The Labute approximate surface area is 155 Å². The van der Waals surface area contributed by atoms with E-state index in [9.17, 15) is 14.4 Å². The van der Waals surface area contributed by atoms with E-state index in [2.05, 4.69) is 10.1 Å². The summed E-state index contributed by atoms with van der Waals surface area (Å²) in [6.45, 7) is 1.88. The van der Waals surface area contributed by atoms with E-state index in [4.69, 9.17) is 11.6 Å². The number of halogens is 1.